The number of ether oxygens (including phenoxy) is 2. The molecule has 0 aromatic heterocycles. The minimum atomic E-state index is -4.08. The zero-order valence-electron chi connectivity index (χ0n) is 16.9. The molecule has 7 nitrogen and oxygen atoms in total. The lowest BCUT2D eigenvalue weighted by molar-refractivity contribution is -0.118. The fourth-order valence-electron chi connectivity index (χ4n) is 2.79. The molecule has 0 aliphatic heterocycles. The second-order valence-corrected chi connectivity index (χ2v) is 8.20. The van der Waals surface area contributed by atoms with Crippen LogP contribution in [-0.2, 0) is 14.8 Å². The third-order valence-corrected chi connectivity index (χ3v) is 5.81. The molecule has 9 heteroatoms. The third kappa shape index (κ3) is 5.52. The number of hydrogen-bond acceptors (Lipinski definition) is 5. The third-order valence-electron chi connectivity index (χ3n) is 4.31. The highest BCUT2D eigenvalue weighted by molar-refractivity contribution is 7.92. The molecule has 0 saturated heterocycles. The van der Waals surface area contributed by atoms with E-state index in [9.17, 15) is 17.6 Å². The van der Waals surface area contributed by atoms with Crippen molar-refractivity contribution >= 4 is 27.3 Å². The van der Waals surface area contributed by atoms with Crippen LogP contribution < -0.4 is 19.5 Å². The van der Waals surface area contributed by atoms with Gasteiger partial charge in [-0.2, -0.15) is 0 Å². The van der Waals surface area contributed by atoms with E-state index in [1.165, 1.54) is 31.4 Å². The van der Waals surface area contributed by atoms with Crippen LogP contribution in [0.15, 0.2) is 71.6 Å². The topological polar surface area (TPSA) is 93.7 Å². The summed E-state index contributed by atoms with van der Waals surface area (Å²) in [4.78, 5) is 12.2. The van der Waals surface area contributed by atoms with E-state index in [1.54, 1.807) is 43.3 Å². The van der Waals surface area contributed by atoms with Gasteiger partial charge in [-0.1, -0.05) is 30.3 Å². The Labute approximate surface area is 179 Å². The zero-order valence-corrected chi connectivity index (χ0v) is 17.7. The van der Waals surface area contributed by atoms with Crippen LogP contribution in [0, 0.1) is 12.7 Å². The van der Waals surface area contributed by atoms with Crippen LogP contribution >= 0.6 is 0 Å². The summed E-state index contributed by atoms with van der Waals surface area (Å²) in [6, 6.07) is 16.8. The van der Waals surface area contributed by atoms with Crippen LogP contribution in [0.2, 0.25) is 0 Å². The lowest BCUT2D eigenvalue weighted by atomic mass is 10.2. The maximum atomic E-state index is 13.9. The smallest absolute Gasteiger partial charge is 0.262 e. The monoisotopic (exact) mass is 444 g/mol. The van der Waals surface area contributed by atoms with Crippen molar-refractivity contribution in [2.24, 2.45) is 0 Å². The summed E-state index contributed by atoms with van der Waals surface area (Å²) < 4.78 is 52.2. The Kier molecular flexibility index (Phi) is 6.76. The number of rotatable bonds is 8. The second kappa shape index (κ2) is 9.48. The van der Waals surface area contributed by atoms with Crippen molar-refractivity contribution in [3.63, 3.8) is 0 Å². The maximum absolute atomic E-state index is 13.9. The SMILES string of the molecule is COc1ccccc1OCC(=O)Nc1ccc(C)c(S(=O)(=O)Nc2ccccc2F)c1. The summed E-state index contributed by atoms with van der Waals surface area (Å²) in [5, 5.41) is 2.59. The first kappa shape index (κ1) is 22.1. The molecular formula is C22H21FN2O5S. The molecule has 0 aliphatic rings. The molecule has 0 aliphatic carbocycles. The van der Waals surface area contributed by atoms with E-state index in [-0.39, 0.29) is 22.9 Å². The van der Waals surface area contributed by atoms with Crippen molar-refractivity contribution in [3.8, 4) is 11.5 Å². The van der Waals surface area contributed by atoms with E-state index >= 15 is 0 Å². The van der Waals surface area contributed by atoms with Crippen molar-refractivity contribution in [1.29, 1.82) is 0 Å². The van der Waals surface area contributed by atoms with Gasteiger partial charge in [0.05, 0.1) is 17.7 Å². The van der Waals surface area contributed by atoms with Crippen molar-refractivity contribution in [3.05, 3.63) is 78.1 Å². The van der Waals surface area contributed by atoms with Gasteiger partial charge in [-0.25, -0.2) is 12.8 Å². The number of anilines is 2. The molecule has 0 fully saturated rings. The minimum Gasteiger partial charge on any atom is -0.493 e. The molecular weight excluding hydrogens is 423 g/mol. The van der Waals surface area contributed by atoms with Gasteiger partial charge in [0, 0.05) is 5.69 Å². The summed E-state index contributed by atoms with van der Waals surface area (Å²) in [7, 11) is -2.59. The number of carbonyl (C=O) groups excluding carboxylic acids is 1. The van der Waals surface area contributed by atoms with Crippen LogP contribution in [0.5, 0.6) is 11.5 Å². The Morgan fingerprint density at radius 2 is 1.68 bits per heavy atom. The maximum Gasteiger partial charge on any atom is 0.262 e. The van der Waals surface area contributed by atoms with E-state index < -0.39 is 21.7 Å². The Morgan fingerprint density at radius 3 is 2.39 bits per heavy atom. The lowest BCUT2D eigenvalue weighted by Gasteiger charge is -2.14. The molecule has 3 aromatic carbocycles. The Morgan fingerprint density at radius 1 is 1.00 bits per heavy atom. The van der Waals surface area contributed by atoms with Crippen LogP contribution in [0.4, 0.5) is 15.8 Å². The number of aryl methyl sites for hydroxylation is 1. The zero-order chi connectivity index (χ0) is 22.4. The van der Waals surface area contributed by atoms with Crippen molar-refractivity contribution < 1.29 is 27.1 Å². The van der Waals surface area contributed by atoms with E-state index in [4.69, 9.17) is 9.47 Å². The standard InChI is InChI=1S/C22H21FN2O5S/c1-15-11-12-16(24-22(26)14-30-20-10-6-5-9-19(20)29-2)13-21(15)31(27,28)25-18-8-4-3-7-17(18)23/h3-13,25H,14H2,1-2H3,(H,24,26). The number of benzene rings is 3. The summed E-state index contributed by atoms with van der Waals surface area (Å²) in [5.74, 6) is -0.290. The molecule has 162 valence electrons. The molecule has 0 atom stereocenters. The van der Waals surface area contributed by atoms with E-state index in [2.05, 4.69) is 10.0 Å². The van der Waals surface area contributed by atoms with Gasteiger partial charge >= 0.3 is 0 Å². The number of halogens is 1. The number of methoxy groups -OCH3 is 1. The molecule has 0 bridgehead atoms. The fraction of sp³-hybridized carbons (Fsp3) is 0.136. The minimum absolute atomic E-state index is 0.0841. The van der Waals surface area contributed by atoms with Gasteiger partial charge in [0.15, 0.2) is 18.1 Å². The lowest BCUT2D eigenvalue weighted by Crippen LogP contribution is -2.21. The molecule has 0 spiro atoms. The quantitative estimate of drug-likeness (QED) is 0.549. The van der Waals surface area contributed by atoms with Gasteiger partial charge in [0.25, 0.3) is 15.9 Å². The van der Waals surface area contributed by atoms with Crippen molar-refractivity contribution in [2.75, 3.05) is 23.8 Å². The van der Waals surface area contributed by atoms with Crippen molar-refractivity contribution in [1.82, 2.24) is 0 Å². The molecule has 2 N–H and O–H groups in total. The summed E-state index contributed by atoms with van der Waals surface area (Å²) in [5.41, 5.74) is 0.529. The van der Waals surface area contributed by atoms with Gasteiger partial charge in [-0.15, -0.1) is 0 Å². The highest BCUT2D eigenvalue weighted by atomic mass is 32.2. The number of para-hydroxylation sites is 3. The summed E-state index contributed by atoms with van der Waals surface area (Å²) in [6.45, 7) is 1.30. The van der Waals surface area contributed by atoms with Gasteiger partial charge < -0.3 is 14.8 Å². The van der Waals surface area contributed by atoms with Gasteiger partial charge in [-0.05, 0) is 48.9 Å². The number of amides is 1. The van der Waals surface area contributed by atoms with Crippen LogP contribution in [0.1, 0.15) is 5.56 Å². The molecule has 0 radical (unpaired) electrons. The van der Waals surface area contributed by atoms with Crippen LogP contribution in [0.25, 0.3) is 0 Å². The predicted octanol–water partition coefficient (Wildman–Crippen LogP) is 3.96. The molecule has 0 saturated carbocycles. The fourth-order valence-corrected chi connectivity index (χ4v) is 4.13. The largest absolute Gasteiger partial charge is 0.493 e. The highest BCUT2D eigenvalue weighted by Crippen LogP contribution is 2.26. The highest BCUT2D eigenvalue weighted by Gasteiger charge is 2.19. The number of nitrogens with one attached hydrogen (secondary N) is 2. The van der Waals surface area contributed by atoms with Crippen LogP contribution in [-0.4, -0.2) is 28.0 Å². The van der Waals surface area contributed by atoms with Gasteiger partial charge in [-0.3, -0.25) is 9.52 Å². The van der Waals surface area contributed by atoms with E-state index in [1.807, 2.05) is 0 Å². The molecule has 3 aromatic rings. The first-order valence-corrected chi connectivity index (χ1v) is 10.7. The first-order valence-electron chi connectivity index (χ1n) is 9.24. The predicted molar refractivity (Wildman–Crippen MR) is 116 cm³/mol. The number of carbonyl (C=O) groups is 1. The average Bonchev–Trinajstić information content (AvgIpc) is 2.75. The molecule has 0 unspecified atom stereocenters. The van der Waals surface area contributed by atoms with Gasteiger partial charge in [0.1, 0.15) is 5.82 Å². The Hall–Kier alpha value is -3.59. The van der Waals surface area contributed by atoms with E-state index in [0.29, 0.717) is 17.1 Å². The Bertz CT molecular complexity index is 1200. The van der Waals surface area contributed by atoms with Crippen molar-refractivity contribution in [2.45, 2.75) is 11.8 Å². The van der Waals surface area contributed by atoms with Crippen LogP contribution in [0.3, 0.4) is 0 Å². The molecule has 3 rings (SSSR count). The molecule has 0 heterocycles. The molecule has 31 heavy (non-hydrogen) atoms. The summed E-state index contributed by atoms with van der Waals surface area (Å²) >= 11 is 0. The first-order chi connectivity index (χ1) is 14.8. The Balaban J connectivity index is 1.73. The number of sulfonamides is 1. The average molecular weight is 444 g/mol. The van der Waals surface area contributed by atoms with Gasteiger partial charge in [0.2, 0.25) is 0 Å². The van der Waals surface area contributed by atoms with E-state index in [0.717, 1.165) is 6.07 Å². The molecule has 1 amide bonds. The summed E-state index contributed by atoms with van der Waals surface area (Å²) in [6.07, 6.45) is 0. The second-order valence-electron chi connectivity index (χ2n) is 6.55. The normalized spacial score (nSPS) is 10.9. The number of hydrogen-bond donors (Lipinski definition) is 2.